The minimum atomic E-state index is -0.313. The fraction of sp³-hybridized carbons (Fsp3) is 0.333. The first-order chi connectivity index (χ1) is 10.1. The molecule has 1 heterocycles. The zero-order chi connectivity index (χ0) is 15.4. The van der Waals surface area contributed by atoms with Crippen molar-refractivity contribution in [2.75, 3.05) is 12.9 Å². The van der Waals surface area contributed by atoms with Gasteiger partial charge in [0, 0.05) is 12.3 Å². The van der Waals surface area contributed by atoms with Crippen LogP contribution in [-0.2, 0) is 4.79 Å². The molecule has 0 spiro atoms. The fourth-order valence-corrected chi connectivity index (χ4v) is 3.09. The topological polar surface area (TPSA) is 82.3 Å². The summed E-state index contributed by atoms with van der Waals surface area (Å²) in [6.45, 7) is 1.96. The van der Waals surface area contributed by atoms with Gasteiger partial charge in [0.1, 0.15) is 0 Å². The number of methoxy groups -OCH3 is 1. The second-order valence-corrected chi connectivity index (χ2v) is 5.80. The highest BCUT2D eigenvalue weighted by Crippen LogP contribution is 2.38. The molecule has 1 aromatic carbocycles. The Balaban J connectivity index is 2.48. The Labute approximate surface area is 127 Å². The largest absolute Gasteiger partial charge is 0.504 e. The monoisotopic (exact) mass is 304 g/mol. The SMILES string of the molecule is CCSC1=C(C#N)C(c2ccc(O)c(OC)c2)CC(=O)N1. The molecule has 0 aliphatic carbocycles. The van der Waals surface area contributed by atoms with E-state index in [2.05, 4.69) is 11.4 Å². The number of nitrogens with one attached hydrogen (secondary N) is 1. The lowest BCUT2D eigenvalue weighted by Crippen LogP contribution is -2.30. The second kappa shape index (κ2) is 6.55. The van der Waals surface area contributed by atoms with Crippen LogP contribution >= 0.6 is 11.8 Å². The molecular weight excluding hydrogens is 288 g/mol. The van der Waals surface area contributed by atoms with E-state index in [1.54, 1.807) is 12.1 Å². The number of benzene rings is 1. The van der Waals surface area contributed by atoms with Crippen LogP contribution in [0, 0.1) is 11.3 Å². The van der Waals surface area contributed by atoms with Crippen molar-refractivity contribution in [1.82, 2.24) is 5.32 Å². The molecule has 1 amide bonds. The third kappa shape index (κ3) is 3.14. The number of ether oxygens (including phenoxy) is 1. The van der Waals surface area contributed by atoms with E-state index in [0.717, 1.165) is 11.3 Å². The third-order valence-corrected chi connectivity index (χ3v) is 4.15. The predicted molar refractivity (Wildman–Crippen MR) is 80.9 cm³/mol. The summed E-state index contributed by atoms with van der Waals surface area (Å²) in [5.74, 6) is 0.716. The number of allylic oxidation sites excluding steroid dienone is 1. The Morgan fingerprint density at radius 1 is 1.57 bits per heavy atom. The Kier molecular flexibility index (Phi) is 4.76. The summed E-state index contributed by atoms with van der Waals surface area (Å²) in [4.78, 5) is 11.9. The van der Waals surface area contributed by atoms with Gasteiger partial charge < -0.3 is 15.2 Å². The number of hydrogen-bond donors (Lipinski definition) is 2. The summed E-state index contributed by atoms with van der Waals surface area (Å²) in [6.07, 6.45) is 0.213. The number of phenols is 1. The number of phenolic OH excluding ortho intramolecular Hbond substituents is 1. The van der Waals surface area contributed by atoms with Gasteiger partial charge in [-0.1, -0.05) is 13.0 Å². The number of carbonyl (C=O) groups is 1. The van der Waals surface area contributed by atoms with Gasteiger partial charge in [-0.15, -0.1) is 11.8 Å². The van der Waals surface area contributed by atoms with Crippen LogP contribution in [0.1, 0.15) is 24.8 Å². The summed E-state index contributed by atoms with van der Waals surface area (Å²) in [5.41, 5.74) is 1.33. The van der Waals surface area contributed by atoms with E-state index in [9.17, 15) is 15.2 Å². The van der Waals surface area contributed by atoms with Gasteiger partial charge in [0.05, 0.1) is 23.8 Å². The number of carbonyl (C=O) groups excluding carboxylic acids is 1. The molecule has 0 saturated carbocycles. The number of thioether (sulfide) groups is 1. The zero-order valence-electron chi connectivity index (χ0n) is 11.8. The quantitative estimate of drug-likeness (QED) is 0.893. The van der Waals surface area contributed by atoms with E-state index in [1.165, 1.54) is 24.9 Å². The molecule has 1 aromatic rings. The minimum Gasteiger partial charge on any atom is -0.504 e. The molecule has 1 atom stereocenters. The number of nitrogens with zero attached hydrogens (tertiary/aromatic N) is 1. The van der Waals surface area contributed by atoms with Crippen LogP contribution in [0.4, 0.5) is 0 Å². The minimum absolute atomic E-state index is 0.0344. The molecule has 0 fully saturated rings. The molecule has 1 aliphatic rings. The van der Waals surface area contributed by atoms with E-state index in [-0.39, 0.29) is 24.0 Å². The maximum Gasteiger partial charge on any atom is 0.225 e. The van der Waals surface area contributed by atoms with Gasteiger partial charge >= 0.3 is 0 Å². The van der Waals surface area contributed by atoms with Crippen LogP contribution in [0.3, 0.4) is 0 Å². The van der Waals surface area contributed by atoms with Gasteiger partial charge in [-0.2, -0.15) is 5.26 Å². The van der Waals surface area contributed by atoms with Crippen LogP contribution in [0.5, 0.6) is 11.5 Å². The molecule has 0 radical (unpaired) electrons. The fourth-order valence-electron chi connectivity index (χ4n) is 2.27. The van der Waals surface area contributed by atoms with Crippen molar-refractivity contribution in [1.29, 1.82) is 5.26 Å². The highest BCUT2D eigenvalue weighted by atomic mass is 32.2. The third-order valence-electron chi connectivity index (χ3n) is 3.25. The summed E-state index contributed by atoms with van der Waals surface area (Å²) in [5, 5.41) is 22.5. The van der Waals surface area contributed by atoms with E-state index < -0.39 is 0 Å². The zero-order valence-corrected chi connectivity index (χ0v) is 12.7. The molecule has 1 unspecified atom stereocenters. The van der Waals surface area contributed by atoms with Crippen molar-refractivity contribution >= 4 is 17.7 Å². The van der Waals surface area contributed by atoms with E-state index in [4.69, 9.17) is 4.74 Å². The summed E-state index contributed by atoms with van der Waals surface area (Å²) in [7, 11) is 1.46. The van der Waals surface area contributed by atoms with Gasteiger partial charge in [0.15, 0.2) is 11.5 Å². The molecule has 0 saturated heterocycles. The normalized spacial score (nSPS) is 18.1. The van der Waals surface area contributed by atoms with Gasteiger partial charge in [0.2, 0.25) is 5.91 Å². The summed E-state index contributed by atoms with van der Waals surface area (Å²) < 4.78 is 5.09. The second-order valence-electron chi connectivity index (χ2n) is 4.52. The lowest BCUT2D eigenvalue weighted by atomic mass is 9.87. The summed E-state index contributed by atoms with van der Waals surface area (Å²) in [6, 6.07) is 7.10. The lowest BCUT2D eigenvalue weighted by molar-refractivity contribution is -0.120. The first kappa shape index (κ1) is 15.3. The average molecular weight is 304 g/mol. The molecule has 2 rings (SSSR count). The molecule has 5 nitrogen and oxygen atoms in total. The Morgan fingerprint density at radius 3 is 2.95 bits per heavy atom. The molecule has 21 heavy (non-hydrogen) atoms. The Hall–Kier alpha value is -2.13. The van der Waals surface area contributed by atoms with Crippen molar-refractivity contribution in [2.24, 2.45) is 0 Å². The van der Waals surface area contributed by atoms with Crippen LogP contribution in [0.25, 0.3) is 0 Å². The number of hydrogen-bond acceptors (Lipinski definition) is 5. The maximum absolute atomic E-state index is 11.9. The smallest absolute Gasteiger partial charge is 0.225 e. The lowest BCUT2D eigenvalue weighted by Gasteiger charge is -2.25. The molecule has 110 valence electrons. The number of amides is 1. The van der Waals surface area contributed by atoms with Crippen LogP contribution in [0.15, 0.2) is 28.8 Å². The van der Waals surface area contributed by atoms with Gasteiger partial charge in [-0.3, -0.25) is 4.79 Å². The molecule has 0 aromatic heterocycles. The molecular formula is C15H16N2O3S. The van der Waals surface area contributed by atoms with Crippen molar-refractivity contribution in [3.05, 3.63) is 34.4 Å². The highest BCUT2D eigenvalue weighted by molar-refractivity contribution is 8.03. The van der Waals surface area contributed by atoms with E-state index >= 15 is 0 Å². The van der Waals surface area contributed by atoms with Crippen molar-refractivity contribution in [3.8, 4) is 17.6 Å². The maximum atomic E-state index is 11.9. The van der Waals surface area contributed by atoms with E-state index in [0.29, 0.717) is 16.4 Å². The number of nitriles is 1. The highest BCUT2D eigenvalue weighted by Gasteiger charge is 2.29. The molecule has 0 bridgehead atoms. The Bertz CT molecular complexity index is 634. The van der Waals surface area contributed by atoms with Crippen molar-refractivity contribution in [2.45, 2.75) is 19.3 Å². The average Bonchev–Trinajstić information content (AvgIpc) is 2.47. The standard InChI is InChI=1S/C15H16N2O3S/c1-3-21-15-11(8-16)10(7-14(19)17-15)9-4-5-12(18)13(6-9)20-2/h4-6,10,18H,3,7H2,1-2H3,(H,17,19). The van der Waals surface area contributed by atoms with Gasteiger partial charge in [-0.05, 0) is 23.4 Å². The first-order valence-electron chi connectivity index (χ1n) is 6.54. The predicted octanol–water partition coefficient (Wildman–Crippen LogP) is 2.49. The van der Waals surface area contributed by atoms with Gasteiger partial charge in [0.25, 0.3) is 0 Å². The Morgan fingerprint density at radius 2 is 2.33 bits per heavy atom. The number of aromatic hydroxyl groups is 1. The first-order valence-corrected chi connectivity index (χ1v) is 7.53. The number of rotatable bonds is 4. The van der Waals surface area contributed by atoms with Gasteiger partial charge in [-0.25, -0.2) is 0 Å². The van der Waals surface area contributed by atoms with Crippen LogP contribution in [0.2, 0.25) is 0 Å². The molecule has 2 N–H and O–H groups in total. The summed E-state index contributed by atoms with van der Waals surface area (Å²) >= 11 is 1.44. The van der Waals surface area contributed by atoms with Crippen LogP contribution < -0.4 is 10.1 Å². The van der Waals surface area contributed by atoms with Crippen molar-refractivity contribution in [3.63, 3.8) is 0 Å². The van der Waals surface area contributed by atoms with Crippen molar-refractivity contribution < 1.29 is 14.6 Å². The molecule has 1 aliphatic heterocycles. The van der Waals surface area contributed by atoms with Crippen LogP contribution in [-0.4, -0.2) is 23.9 Å². The van der Waals surface area contributed by atoms with E-state index in [1.807, 2.05) is 6.92 Å². The molecule has 6 heteroatoms.